The fourth-order valence-electron chi connectivity index (χ4n) is 2.42. The van der Waals surface area contributed by atoms with E-state index in [0.717, 1.165) is 5.75 Å². The van der Waals surface area contributed by atoms with Crippen molar-refractivity contribution in [1.82, 2.24) is 4.90 Å². The third-order valence-electron chi connectivity index (χ3n) is 3.69. The molecule has 3 heteroatoms. The van der Waals surface area contributed by atoms with Crippen molar-refractivity contribution in [2.45, 2.75) is 45.7 Å². The molecule has 0 aromatic heterocycles. The first-order valence-electron chi connectivity index (χ1n) is 7.28. The fourth-order valence-corrected chi connectivity index (χ4v) is 2.42. The Hall–Kier alpha value is -1.06. The molecule has 19 heavy (non-hydrogen) atoms. The summed E-state index contributed by atoms with van der Waals surface area (Å²) in [6.07, 6.45) is 2.40. The average Bonchev–Trinajstić information content (AvgIpc) is 2.42. The zero-order valence-electron chi connectivity index (χ0n) is 12.7. The Labute approximate surface area is 117 Å². The molecule has 0 radical (unpaired) electrons. The first-order chi connectivity index (χ1) is 9.13. The van der Waals surface area contributed by atoms with Crippen LogP contribution >= 0.6 is 0 Å². The van der Waals surface area contributed by atoms with E-state index in [-0.39, 0.29) is 6.04 Å². The molecule has 1 rings (SSSR count). The van der Waals surface area contributed by atoms with Gasteiger partial charge in [-0.2, -0.15) is 0 Å². The monoisotopic (exact) mass is 264 g/mol. The van der Waals surface area contributed by atoms with Gasteiger partial charge in [-0.3, -0.25) is 4.90 Å². The van der Waals surface area contributed by atoms with E-state index in [0.29, 0.717) is 19.2 Å². The molecule has 0 spiro atoms. The number of hydrogen-bond donors (Lipinski definition) is 1. The van der Waals surface area contributed by atoms with Crippen molar-refractivity contribution in [3.8, 4) is 5.75 Å². The minimum Gasteiger partial charge on any atom is -0.494 e. The summed E-state index contributed by atoms with van der Waals surface area (Å²) >= 11 is 0. The minimum absolute atomic E-state index is 0.275. The van der Waals surface area contributed by atoms with Gasteiger partial charge in [0.05, 0.1) is 6.61 Å². The maximum atomic E-state index is 5.96. The van der Waals surface area contributed by atoms with E-state index in [9.17, 15) is 0 Å². The predicted octanol–water partition coefficient (Wildman–Crippen LogP) is 3.21. The van der Waals surface area contributed by atoms with Gasteiger partial charge in [-0.1, -0.05) is 25.5 Å². The van der Waals surface area contributed by atoms with E-state index in [1.165, 1.54) is 18.4 Å². The highest BCUT2D eigenvalue weighted by atomic mass is 16.5. The fraction of sp³-hybridized carbons (Fsp3) is 0.625. The van der Waals surface area contributed by atoms with Gasteiger partial charge in [0, 0.05) is 18.6 Å². The van der Waals surface area contributed by atoms with Crippen molar-refractivity contribution < 1.29 is 4.74 Å². The second-order valence-electron chi connectivity index (χ2n) is 5.06. The Morgan fingerprint density at radius 2 is 1.84 bits per heavy atom. The summed E-state index contributed by atoms with van der Waals surface area (Å²) in [5.74, 6) is 0.922. The van der Waals surface area contributed by atoms with Gasteiger partial charge in [0.1, 0.15) is 5.75 Å². The second kappa shape index (κ2) is 8.18. The van der Waals surface area contributed by atoms with Crippen LogP contribution in [-0.2, 0) is 0 Å². The summed E-state index contributed by atoms with van der Waals surface area (Å²) < 4.78 is 5.48. The molecule has 0 amide bonds. The molecule has 1 aromatic carbocycles. The van der Waals surface area contributed by atoms with Gasteiger partial charge in [0.25, 0.3) is 0 Å². The molecule has 108 valence electrons. The highest BCUT2D eigenvalue weighted by Crippen LogP contribution is 2.24. The van der Waals surface area contributed by atoms with Crippen molar-refractivity contribution in [1.29, 1.82) is 0 Å². The zero-order valence-corrected chi connectivity index (χ0v) is 12.7. The second-order valence-corrected chi connectivity index (χ2v) is 5.06. The maximum absolute atomic E-state index is 5.96. The Balaban J connectivity index is 2.78. The SMILES string of the molecule is CCCC(C)N(C)C(CN)c1ccc(OCC)cc1. The molecule has 0 aliphatic heterocycles. The Morgan fingerprint density at radius 1 is 1.21 bits per heavy atom. The van der Waals surface area contributed by atoms with E-state index in [4.69, 9.17) is 10.5 Å². The standard InChI is InChI=1S/C16H28N2O/c1-5-7-13(3)18(4)16(12-17)14-8-10-15(11-9-14)19-6-2/h8-11,13,16H,5-7,12,17H2,1-4H3. The Kier molecular flexibility index (Phi) is 6.89. The summed E-state index contributed by atoms with van der Waals surface area (Å²) in [5.41, 5.74) is 7.22. The highest BCUT2D eigenvalue weighted by Gasteiger charge is 2.19. The quantitative estimate of drug-likeness (QED) is 0.783. The van der Waals surface area contributed by atoms with Crippen LogP contribution in [-0.4, -0.2) is 31.1 Å². The normalized spacial score (nSPS) is 14.4. The molecule has 2 atom stereocenters. The summed E-state index contributed by atoms with van der Waals surface area (Å²) in [6, 6.07) is 9.12. The molecule has 3 nitrogen and oxygen atoms in total. The van der Waals surface area contributed by atoms with Crippen LogP contribution in [0.5, 0.6) is 5.75 Å². The van der Waals surface area contributed by atoms with Crippen molar-refractivity contribution in [2.75, 3.05) is 20.2 Å². The van der Waals surface area contributed by atoms with E-state index in [1.807, 2.05) is 19.1 Å². The van der Waals surface area contributed by atoms with Crippen LogP contribution in [0.2, 0.25) is 0 Å². The average molecular weight is 264 g/mol. The molecule has 2 unspecified atom stereocenters. The molecule has 0 saturated carbocycles. The number of likely N-dealkylation sites (N-methyl/N-ethyl adjacent to an activating group) is 1. The van der Waals surface area contributed by atoms with Crippen molar-refractivity contribution in [3.63, 3.8) is 0 Å². The lowest BCUT2D eigenvalue weighted by Crippen LogP contribution is -2.36. The third kappa shape index (κ3) is 4.51. The molecule has 0 heterocycles. The van der Waals surface area contributed by atoms with E-state index in [2.05, 4.69) is 37.9 Å². The number of nitrogens with zero attached hydrogens (tertiary/aromatic N) is 1. The van der Waals surface area contributed by atoms with Crippen LogP contribution in [0.15, 0.2) is 24.3 Å². The minimum atomic E-state index is 0.275. The van der Waals surface area contributed by atoms with E-state index in [1.54, 1.807) is 0 Å². The van der Waals surface area contributed by atoms with Crippen molar-refractivity contribution in [3.05, 3.63) is 29.8 Å². The lowest BCUT2D eigenvalue weighted by Gasteiger charge is -2.32. The van der Waals surface area contributed by atoms with Gasteiger partial charge in [-0.05, 0) is 45.0 Å². The lowest BCUT2D eigenvalue weighted by molar-refractivity contribution is 0.179. The number of rotatable bonds is 8. The van der Waals surface area contributed by atoms with Crippen LogP contribution in [0, 0.1) is 0 Å². The Morgan fingerprint density at radius 3 is 2.32 bits per heavy atom. The molecular weight excluding hydrogens is 236 g/mol. The largest absolute Gasteiger partial charge is 0.494 e. The van der Waals surface area contributed by atoms with Crippen LogP contribution in [0.1, 0.15) is 45.2 Å². The predicted molar refractivity (Wildman–Crippen MR) is 81.5 cm³/mol. The number of benzene rings is 1. The lowest BCUT2D eigenvalue weighted by atomic mass is 10.0. The summed E-state index contributed by atoms with van der Waals surface area (Å²) in [7, 11) is 2.16. The first kappa shape index (κ1) is 16.0. The van der Waals surface area contributed by atoms with Gasteiger partial charge in [0.15, 0.2) is 0 Å². The van der Waals surface area contributed by atoms with Crippen LogP contribution in [0.4, 0.5) is 0 Å². The van der Waals surface area contributed by atoms with Gasteiger partial charge in [0.2, 0.25) is 0 Å². The van der Waals surface area contributed by atoms with Gasteiger partial charge >= 0.3 is 0 Å². The molecule has 2 N–H and O–H groups in total. The van der Waals surface area contributed by atoms with Gasteiger partial charge in [-0.25, -0.2) is 0 Å². The van der Waals surface area contributed by atoms with Gasteiger partial charge in [-0.15, -0.1) is 0 Å². The molecule has 0 aliphatic rings. The van der Waals surface area contributed by atoms with E-state index >= 15 is 0 Å². The number of hydrogen-bond acceptors (Lipinski definition) is 3. The summed E-state index contributed by atoms with van der Waals surface area (Å²) in [4.78, 5) is 2.37. The van der Waals surface area contributed by atoms with E-state index < -0.39 is 0 Å². The smallest absolute Gasteiger partial charge is 0.119 e. The number of nitrogens with two attached hydrogens (primary N) is 1. The van der Waals surface area contributed by atoms with Crippen LogP contribution < -0.4 is 10.5 Å². The molecule has 1 aromatic rings. The molecule has 0 aliphatic carbocycles. The Bertz CT molecular complexity index is 350. The van der Waals surface area contributed by atoms with Gasteiger partial charge < -0.3 is 10.5 Å². The highest BCUT2D eigenvalue weighted by molar-refractivity contribution is 5.29. The first-order valence-corrected chi connectivity index (χ1v) is 7.28. The topological polar surface area (TPSA) is 38.5 Å². The van der Waals surface area contributed by atoms with Crippen LogP contribution in [0.25, 0.3) is 0 Å². The zero-order chi connectivity index (χ0) is 14.3. The van der Waals surface area contributed by atoms with Crippen molar-refractivity contribution >= 4 is 0 Å². The maximum Gasteiger partial charge on any atom is 0.119 e. The molecule has 0 bridgehead atoms. The summed E-state index contributed by atoms with van der Waals surface area (Å²) in [5, 5.41) is 0. The summed E-state index contributed by atoms with van der Waals surface area (Å²) in [6.45, 7) is 7.82. The molecular formula is C16H28N2O. The number of ether oxygens (including phenoxy) is 1. The third-order valence-corrected chi connectivity index (χ3v) is 3.69. The molecule has 0 saturated heterocycles. The molecule has 0 fully saturated rings. The van der Waals surface area contributed by atoms with Crippen molar-refractivity contribution in [2.24, 2.45) is 5.73 Å². The van der Waals surface area contributed by atoms with Crippen LogP contribution in [0.3, 0.4) is 0 Å².